The van der Waals surface area contributed by atoms with Crippen molar-refractivity contribution in [2.45, 2.75) is 39.0 Å². The molecule has 234 valence electrons. The van der Waals surface area contributed by atoms with Crippen LogP contribution in [0.2, 0.25) is 0 Å². The number of aromatic nitrogens is 3. The molecule has 11 heteroatoms. The lowest BCUT2D eigenvalue weighted by Crippen LogP contribution is -2.47. The van der Waals surface area contributed by atoms with Crippen LogP contribution in [0.5, 0.6) is 5.75 Å². The highest BCUT2D eigenvalue weighted by Gasteiger charge is 2.31. The van der Waals surface area contributed by atoms with Gasteiger partial charge in [0.05, 0.1) is 19.1 Å². The molecule has 45 heavy (non-hydrogen) atoms. The Kier molecular flexibility index (Phi) is 10.3. The number of pyridine rings is 1. The monoisotopic (exact) mass is 609 g/mol. The van der Waals surface area contributed by atoms with Crippen molar-refractivity contribution in [1.82, 2.24) is 24.8 Å². The molecule has 4 aromatic rings. The molecule has 2 aromatic carbocycles. The van der Waals surface area contributed by atoms with Crippen LogP contribution in [0.25, 0.3) is 11.4 Å². The molecule has 1 aliphatic rings. The number of nitrogens with zero attached hydrogens (tertiary/aromatic N) is 5. The number of amides is 3. The summed E-state index contributed by atoms with van der Waals surface area (Å²) < 4.78 is 6.62. The molecule has 0 saturated carbocycles. The fraction of sp³-hybridized carbons (Fsp3) is 0.324. The van der Waals surface area contributed by atoms with Crippen LogP contribution in [0.15, 0.2) is 85.5 Å². The van der Waals surface area contributed by atoms with Crippen LogP contribution < -0.4 is 15.4 Å². The van der Waals surface area contributed by atoms with E-state index in [0.29, 0.717) is 41.6 Å². The lowest BCUT2D eigenvalue weighted by Gasteiger charge is -2.34. The van der Waals surface area contributed by atoms with E-state index in [4.69, 9.17) is 4.74 Å². The summed E-state index contributed by atoms with van der Waals surface area (Å²) in [6.07, 6.45) is 6.72. The average Bonchev–Trinajstić information content (AvgIpc) is 3.09. The minimum atomic E-state index is -0.434. The van der Waals surface area contributed by atoms with Crippen molar-refractivity contribution in [2.24, 2.45) is 5.92 Å². The van der Waals surface area contributed by atoms with Gasteiger partial charge in [0.25, 0.3) is 0 Å². The molecule has 3 amide bonds. The number of nitrogens with one attached hydrogen (secondary N) is 2. The Morgan fingerprint density at radius 2 is 1.78 bits per heavy atom. The van der Waals surface area contributed by atoms with Gasteiger partial charge in [-0.15, -0.1) is 0 Å². The van der Waals surface area contributed by atoms with E-state index in [-0.39, 0.29) is 37.0 Å². The smallest absolute Gasteiger partial charge is 0.323 e. The Bertz CT molecular complexity index is 1590. The van der Waals surface area contributed by atoms with E-state index in [2.05, 4.69) is 37.4 Å². The number of urea groups is 1. The summed E-state index contributed by atoms with van der Waals surface area (Å²) in [5.41, 5.74) is 3.68. The molecule has 1 aliphatic heterocycles. The number of anilines is 2. The van der Waals surface area contributed by atoms with E-state index < -0.39 is 6.03 Å². The van der Waals surface area contributed by atoms with Crippen LogP contribution in [-0.2, 0) is 17.8 Å². The van der Waals surface area contributed by atoms with Gasteiger partial charge in [0, 0.05) is 72.8 Å². The molecule has 3 N–H and O–H groups in total. The van der Waals surface area contributed by atoms with Gasteiger partial charge in [-0.05, 0) is 68.1 Å². The van der Waals surface area contributed by atoms with Crippen LogP contribution in [0.1, 0.15) is 25.0 Å². The molecule has 11 nitrogen and oxygen atoms in total. The Hall–Kier alpha value is -4.87. The summed E-state index contributed by atoms with van der Waals surface area (Å²) in [5, 5.41) is 15.7. The molecular formula is C34H39N7O4. The highest BCUT2D eigenvalue weighted by Crippen LogP contribution is 2.29. The predicted molar refractivity (Wildman–Crippen MR) is 173 cm³/mol. The van der Waals surface area contributed by atoms with Gasteiger partial charge >= 0.3 is 6.03 Å². The first-order valence-electron chi connectivity index (χ1n) is 15.0. The minimum absolute atomic E-state index is 0.0191. The van der Waals surface area contributed by atoms with Crippen molar-refractivity contribution < 1.29 is 19.4 Å². The second-order valence-electron chi connectivity index (χ2n) is 11.5. The van der Waals surface area contributed by atoms with Crippen LogP contribution >= 0.6 is 0 Å². The van der Waals surface area contributed by atoms with E-state index in [1.165, 1.54) is 0 Å². The van der Waals surface area contributed by atoms with Gasteiger partial charge in [0.15, 0.2) is 5.82 Å². The third-order valence-electron chi connectivity index (χ3n) is 7.81. The number of carbonyl (C=O) groups is 2. The largest absolute Gasteiger partial charge is 0.488 e. The van der Waals surface area contributed by atoms with E-state index in [0.717, 1.165) is 17.7 Å². The zero-order valence-corrected chi connectivity index (χ0v) is 25.8. The quantitative estimate of drug-likeness (QED) is 0.253. The zero-order chi connectivity index (χ0) is 31.8. The number of ether oxygens (including phenoxy) is 1. The van der Waals surface area contributed by atoms with Gasteiger partial charge < -0.3 is 25.4 Å². The van der Waals surface area contributed by atoms with Gasteiger partial charge in [-0.1, -0.05) is 19.1 Å². The molecule has 2 aromatic heterocycles. The molecule has 5 rings (SSSR count). The molecular weight excluding hydrogens is 570 g/mol. The number of likely N-dealkylation sites (N-methyl/N-ethyl adjacent to an activating group) is 1. The highest BCUT2D eigenvalue weighted by atomic mass is 16.5. The molecule has 0 saturated heterocycles. The number of aliphatic hydroxyl groups is 1. The first-order valence-corrected chi connectivity index (χ1v) is 15.0. The summed E-state index contributed by atoms with van der Waals surface area (Å²) in [6, 6.07) is 17.6. The summed E-state index contributed by atoms with van der Waals surface area (Å²) in [7, 11) is 2.04. The molecule has 3 heterocycles. The third kappa shape index (κ3) is 8.40. The van der Waals surface area contributed by atoms with E-state index in [1.54, 1.807) is 66.1 Å². The Balaban J connectivity index is 1.34. The van der Waals surface area contributed by atoms with Crippen molar-refractivity contribution in [2.75, 3.05) is 37.4 Å². The normalized spacial score (nSPS) is 17.4. The minimum Gasteiger partial charge on any atom is -0.488 e. The molecule has 0 aliphatic carbocycles. The van der Waals surface area contributed by atoms with Crippen LogP contribution in [0.3, 0.4) is 0 Å². The number of aliphatic hydroxyl groups excluding tert-OH is 1. The Morgan fingerprint density at radius 3 is 2.51 bits per heavy atom. The van der Waals surface area contributed by atoms with Crippen molar-refractivity contribution in [3.8, 4) is 17.1 Å². The molecule has 0 fully saturated rings. The predicted octanol–water partition coefficient (Wildman–Crippen LogP) is 4.46. The fourth-order valence-corrected chi connectivity index (χ4v) is 5.37. The number of hydrogen-bond donors (Lipinski definition) is 3. The Morgan fingerprint density at radius 1 is 1.04 bits per heavy atom. The van der Waals surface area contributed by atoms with E-state index in [9.17, 15) is 14.7 Å². The van der Waals surface area contributed by atoms with E-state index >= 15 is 0 Å². The van der Waals surface area contributed by atoms with Gasteiger partial charge in [0.1, 0.15) is 11.9 Å². The van der Waals surface area contributed by atoms with E-state index in [1.807, 2.05) is 38.2 Å². The molecule has 0 spiro atoms. The summed E-state index contributed by atoms with van der Waals surface area (Å²) >= 11 is 0. The first kappa shape index (κ1) is 31.6. The van der Waals surface area contributed by atoms with Gasteiger partial charge in [0.2, 0.25) is 5.91 Å². The van der Waals surface area contributed by atoms with Crippen molar-refractivity contribution in [1.29, 1.82) is 0 Å². The second-order valence-corrected chi connectivity index (χ2v) is 11.5. The number of rotatable bonds is 9. The lowest BCUT2D eigenvalue weighted by atomic mass is 10.0. The van der Waals surface area contributed by atoms with Gasteiger partial charge in [-0.25, -0.2) is 14.8 Å². The average molecular weight is 610 g/mol. The number of fused-ring (bicyclic) bond motifs is 1. The standard InChI is InChI=1S/C34H39N7O4/c1-23-19-41(24(2)22-42)32(43)18-27-17-29(8-9-30(27)45-31(23)21-40(3)20-25-10-14-35-15-11-25)39-34(44)38-28-7-4-6-26(16-28)33-36-12-5-13-37-33/h4-17,23-24,31,42H,18-22H2,1-3H3,(H2,38,39,44). The highest BCUT2D eigenvalue weighted by molar-refractivity contribution is 6.00. The zero-order valence-electron chi connectivity index (χ0n) is 25.8. The number of benzene rings is 2. The maximum atomic E-state index is 13.6. The molecule has 3 atom stereocenters. The first-order chi connectivity index (χ1) is 21.8. The SMILES string of the molecule is CC1CN(C(C)CO)C(=O)Cc2cc(NC(=O)Nc3cccc(-c4ncccn4)c3)ccc2OC1CN(C)Cc1ccncc1. The summed E-state index contributed by atoms with van der Waals surface area (Å²) in [5.74, 6) is 1.03. The topological polar surface area (TPSA) is 133 Å². The van der Waals surface area contributed by atoms with Crippen molar-refractivity contribution in [3.63, 3.8) is 0 Å². The summed E-state index contributed by atoms with van der Waals surface area (Å²) in [4.78, 5) is 43.1. The third-order valence-corrected chi connectivity index (χ3v) is 7.81. The maximum absolute atomic E-state index is 13.6. The fourth-order valence-electron chi connectivity index (χ4n) is 5.37. The number of carbonyl (C=O) groups excluding carboxylic acids is 2. The van der Waals surface area contributed by atoms with Crippen LogP contribution in [0.4, 0.5) is 16.2 Å². The molecule has 0 bridgehead atoms. The Labute approximate surface area is 263 Å². The molecule has 0 radical (unpaired) electrons. The molecule has 3 unspecified atom stereocenters. The number of hydrogen-bond acceptors (Lipinski definition) is 8. The lowest BCUT2D eigenvalue weighted by molar-refractivity contribution is -0.134. The van der Waals surface area contributed by atoms with Crippen molar-refractivity contribution >= 4 is 23.3 Å². The maximum Gasteiger partial charge on any atom is 0.323 e. The van der Waals surface area contributed by atoms with Gasteiger partial charge in [-0.2, -0.15) is 0 Å². The summed E-state index contributed by atoms with van der Waals surface area (Å²) in [6.45, 7) is 5.56. The van der Waals surface area contributed by atoms with Crippen LogP contribution in [0, 0.1) is 5.92 Å². The van der Waals surface area contributed by atoms with Crippen LogP contribution in [-0.4, -0.2) is 80.7 Å². The second kappa shape index (κ2) is 14.7. The van der Waals surface area contributed by atoms with Crippen molar-refractivity contribution in [3.05, 3.63) is 96.6 Å². The van der Waals surface area contributed by atoms with Gasteiger partial charge in [-0.3, -0.25) is 14.7 Å².